The van der Waals surface area contributed by atoms with Crippen LogP contribution in [0.15, 0.2) is 243 Å². The highest BCUT2D eigenvalue weighted by Gasteiger charge is 2.42. The molecule has 0 saturated heterocycles. The third kappa shape index (κ3) is 7.15. The maximum Gasteiger partial charge on any atom is 0.0468 e. The first-order valence-electron chi connectivity index (χ1n) is 26.8. The van der Waals surface area contributed by atoms with Crippen molar-refractivity contribution in [3.63, 3.8) is 0 Å². The molecule has 0 spiro atoms. The Kier molecular flexibility index (Phi) is 10.4. The number of para-hydroxylation sites is 2. The van der Waals surface area contributed by atoms with Gasteiger partial charge in [0.05, 0.1) is 0 Å². The SMILES string of the molecule is Cc1cccc(-c2c3c(cc4c(-c5cccc(C)c5)c5c(cc24)C(C)(C)c2cc(N(c4ccccc4)c4ccc6ccccc6c4)ccc2-5)C(C)(C)c2cc(N(c4ccccc4)c4ccc5ccccc5c4)ccc2-3)c1. The van der Waals surface area contributed by atoms with Gasteiger partial charge in [-0.3, -0.25) is 0 Å². The summed E-state index contributed by atoms with van der Waals surface area (Å²) in [4.78, 5) is 4.85. The van der Waals surface area contributed by atoms with E-state index in [1.807, 2.05) is 0 Å². The second-order valence-corrected chi connectivity index (χ2v) is 22.3. The summed E-state index contributed by atoms with van der Waals surface area (Å²) in [6.07, 6.45) is 0. The van der Waals surface area contributed by atoms with Crippen molar-refractivity contribution >= 4 is 66.4 Å². The maximum absolute atomic E-state index is 2.59. The fraction of sp³-hybridized carbons (Fsp3) is 0.108. The van der Waals surface area contributed by atoms with Crippen molar-refractivity contribution in [2.75, 3.05) is 9.80 Å². The minimum atomic E-state index is -0.336. The highest BCUT2D eigenvalue weighted by Crippen LogP contribution is 2.61. The zero-order valence-corrected chi connectivity index (χ0v) is 44.0. The Morgan fingerprint density at radius 1 is 0.263 bits per heavy atom. The molecule has 0 aliphatic heterocycles. The van der Waals surface area contributed by atoms with Crippen LogP contribution in [0.1, 0.15) is 61.1 Å². The molecule has 12 aromatic carbocycles. The Labute approximate surface area is 446 Å². The Morgan fingerprint density at radius 2 is 0.632 bits per heavy atom. The van der Waals surface area contributed by atoms with Crippen LogP contribution < -0.4 is 9.80 Å². The first-order chi connectivity index (χ1) is 37.0. The molecule has 76 heavy (non-hydrogen) atoms. The smallest absolute Gasteiger partial charge is 0.0468 e. The number of aryl methyl sites for hydroxylation is 2. The molecule has 12 aromatic rings. The van der Waals surface area contributed by atoms with E-state index < -0.39 is 0 Å². The summed E-state index contributed by atoms with van der Waals surface area (Å²) in [6, 6.07) is 90.8. The molecule has 2 aliphatic rings. The molecule has 0 saturated carbocycles. The van der Waals surface area contributed by atoms with Gasteiger partial charge >= 0.3 is 0 Å². The van der Waals surface area contributed by atoms with Crippen molar-refractivity contribution in [3.05, 3.63) is 276 Å². The number of fused-ring (bicyclic) bond motifs is 9. The predicted molar refractivity (Wildman–Crippen MR) is 324 cm³/mol. The van der Waals surface area contributed by atoms with Crippen LogP contribution in [0, 0.1) is 13.8 Å². The fourth-order valence-electron chi connectivity index (χ4n) is 13.1. The summed E-state index contributed by atoms with van der Waals surface area (Å²) in [5.74, 6) is 0. The third-order valence-electron chi connectivity index (χ3n) is 16.8. The fourth-order valence-corrected chi connectivity index (χ4v) is 13.1. The van der Waals surface area contributed by atoms with Crippen molar-refractivity contribution in [2.24, 2.45) is 0 Å². The minimum absolute atomic E-state index is 0.336. The largest absolute Gasteiger partial charge is 0.310 e. The molecule has 0 atom stereocenters. The highest BCUT2D eigenvalue weighted by molar-refractivity contribution is 6.17. The molecule has 2 nitrogen and oxygen atoms in total. The van der Waals surface area contributed by atoms with Crippen LogP contribution in [0.2, 0.25) is 0 Å². The Hall–Kier alpha value is -8.98. The Morgan fingerprint density at radius 3 is 1.04 bits per heavy atom. The van der Waals surface area contributed by atoms with Crippen LogP contribution in [0.4, 0.5) is 34.1 Å². The monoisotopic (exact) mass is 974 g/mol. The van der Waals surface area contributed by atoms with Crippen molar-refractivity contribution < 1.29 is 0 Å². The third-order valence-corrected chi connectivity index (χ3v) is 16.8. The van der Waals surface area contributed by atoms with E-state index >= 15 is 0 Å². The van der Waals surface area contributed by atoms with Crippen molar-refractivity contribution in [1.29, 1.82) is 0 Å². The van der Waals surface area contributed by atoms with Gasteiger partial charge in [0.25, 0.3) is 0 Å². The van der Waals surface area contributed by atoms with Gasteiger partial charge in [0.15, 0.2) is 0 Å². The second kappa shape index (κ2) is 17.3. The van der Waals surface area contributed by atoms with Crippen molar-refractivity contribution in [3.8, 4) is 44.5 Å². The lowest BCUT2D eigenvalue weighted by molar-refractivity contribution is 0.660. The van der Waals surface area contributed by atoms with Crippen LogP contribution >= 0.6 is 0 Å². The number of nitrogens with zero attached hydrogens (tertiary/aromatic N) is 2. The molecule has 0 bridgehead atoms. The van der Waals surface area contributed by atoms with Crippen LogP contribution in [0.25, 0.3) is 76.8 Å². The molecule has 0 unspecified atom stereocenters. The number of anilines is 6. The van der Waals surface area contributed by atoms with E-state index in [9.17, 15) is 0 Å². The molecule has 0 amide bonds. The molecule has 0 radical (unpaired) electrons. The highest BCUT2D eigenvalue weighted by atomic mass is 15.1. The molecule has 0 fully saturated rings. The van der Waals surface area contributed by atoms with E-state index in [1.54, 1.807) is 0 Å². The number of hydrogen-bond acceptors (Lipinski definition) is 2. The van der Waals surface area contributed by atoms with Gasteiger partial charge in [0.1, 0.15) is 0 Å². The van der Waals surface area contributed by atoms with Gasteiger partial charge in [0, 0.05) is 45.0 Å². The van der Waals surface area contributed by atoms with E-state index in [-0.39, 0.29) is 10.8 Å². The van der Waals surface area contributed by atoms with Crippen LogP contribution in [0.3, 0.4) is 0 Å². The minimum Gasteiger partial charge on any atom is -0.310 e. The first-order valence-corrected chi connectivity index (χ1v) is 26.8. The Balaban J connectivity index is 1.01. The predicted octanol–water partition coefficient (Wildman–Crippen LogP) is 20.6. The molecule has 14 rings (SSSR count). The molecule has 364 valence electrons. The second-order valence-electron chi connectivity index (χ2n) is 22.3. The number of hydrogen-bond donors (Lipinski definition) is 0. The molecule has 0 N–H and O–H groups in total. The van der Waals surface area contributed by atoms with Gasteiger partial charge in [-0.1, -0.05) is 197 Å². The summed E-state index contributed by atoms with van der Waals surface area (Å²) in [5.41, 5.74) is 24.4. The van der Waals surface area contributed by atoms with E-state index in [0.717, 1.165) is 34.1 Å². The van der Waals surface area contributed by atoms with Crippen LogP contribution in [-0.2, 0) is 10.8 Å². The zero-order chi connectivity index (χ0) is 51.5. The van der Waals surface area contributed by atoms with Crippen molar-refractivity contribution in [1.82, 2.24) is 0 Å². The summed E-state index contributed by atoms with van der Waals surface area (Å²) < 4.78 is 0. The lowest BCUT2D eigenvalue weighted by atomic mass is 9.76. The quantitative estimate of drug-likeness (QED) is 0.150. The standard InChI is InChI=1S/C74H58N2/c1-47-19-17-25-53(39-47)69-63-45-68-72(62-38-36-60(44-66(62)74(68,5)6)76(56-29-11-8-12-30-56)58-34-32-50-22-14-16-24-52(50)42-58)70(54-26-18-20-48(2)40-54)64(63)46-67-71(69)61-37-35-59(43-65(61)73(67,3)4)75(55-27-9-7-10-28-55)57-33-31-49-21-13-15-23-51(49)41-57/h7-46H,1-6H3. The molecule has 2 aliphatic carbocycles. The van der Waals surface area contributed by atoms with Gasteiger partial charge in [0.2, 0.25) is 0 Å². The molecular formula is C74H58N2. The molecule has 0 aromatic heterocycles. The first kappa shape index (κ1) is 45.6. The summed E-state index contributed by atoms with van der Waals surface area (Å²) in [6.45, 7) is 14.3. The van der Waals surface area contributed by atoms with Gasteiger partial charge in [-0.2, -0.15) is 0 Å². The average molecular weight is 975 g/mol. The Bertz CT molecular complexity index is 4030. The van der Waals surface area contributed by atoms with Gasteiger partial charge < -0.3 is 9.80 Å². The van der Waals surface area contributed by atoms with E-state index in [2.05, 4.69) is 294 Å². The average Bonchev–Trinajstić information content (AvgIpc) is 3.90. The van der Waals surface area contributed by atoms with E-state index in [1.165, 1.54) is 110 Å². The normalized spacial score (nSPS) is 13.6. The zero-order valence-electron chi connectivity index (χ0n) is 44.0. The maximum atomic E-state index is 2.59. The van der Waals surface area contributed by atoms with Crippen LogP contribution in [0.5, 0.6) is 0 Å². The van der Waals surface area contributed by atoms with Gasteiger partial charge in [-0.05, 0) is 198 Å². The lowest BCUT2D eigenvalue weighted by Gasteiger charge is -2.29. The number of rotatable bonds is 8. The topological polar surface area (TPSA) is 6.48 Å². The molecular weight excluding hydrogens is 917 g/mol. The van der Waals surface area contributed by atoms with Crippen molar-refractivity contribution in [2.45, 2.75) is 52.4 Å². The molecule has 0 heterocycles. The van der Waals surface area contributed by atoms with Gasteiger partial charge in [-0.15, -0.1) is 0 Å². The summed E-state index contributed by atoms with van der Waals surface area (Å²) in [5, 5.41) is 7.50. The van der Waals surface area contributed by atoms with Crippen LogP contribution in [-0.4, -0.2) is 0 Å². The molecule has 2 heteroatoms. The summed E-state index contributed by atoms with van der Waals surface area (Å²) in [7, 11) is 0. The lowest BCUT2D eigenvalue weighted by Crippen LogP contribution is -2.17. The summed E-state index contributed by atoms with van der Waals surface area (Å²) >= 11 is 0. The number of benzene rings is 12. The van der Waals surface area contributed by atoms with Gasteiger partial charge in [-0.25, -0.2) is 0 Å². The van der Waals surface area contributed by atoms with E-state index in [4.69, 9.17) is 0 Å². The van der Waals surface area contributed by atoms with E-state index in [0.29, 0.717) is 0 Å².